The quantitative estimate of drug-likeness (QED) is 0.805. The minimum Gasteiger partial charge on any atom is -0.482 e. The van der Waals surface area contributed by atoms with E-state index in [0.717, 1.165) is 5.56 Å². The van der Waals surface area contributed by atoms with Crippen LogP contribution >= 0.6 is 11.6 Å². The fraction of sp³-hybridized carbons (Fsp3) is 0.214. The van der Waals surface area contributed by atoms with Crippen LogP contribution in [0.25, 0.3) is 0 Å². The van der Waals surface area contributed by atoms with Crippen LogP contribution in [0.1, 0.15) is 22.8 Å². The largest absolute Gasteiger partial charge is 0.482 e. The van der Waals surface area contributed by atoms with Crippen LogP contribution in [-0.2, 0) is 0 Å². The highest BCUT2D eigenvalue weighted by Gasteiger charge is 2.18. The second-order valence-corrected chi connectivity index (χ2v) is 4.60. The number of halogens is 1. The van der Waals surface area contributed by atoms with Crippen molar-refractivity contribution in [3.63, 3.8) is 0 Å². The van der Waals surface area contributed by atoms with Gasteiger partial charge in [-0.05, 0) is 37.6 Å². The Balaban J connectivity index is 2.13. The number of hydrogen-bond donors (Lipinski definition) is 0. The summed E-state index contributed by atoms with van der Waals surface area (Å²) in [6.45, 7) is 3.58. The zero-order valence-electron chi connectivity index (χ0n) is 10.6. The van der Waals surface area contributed by atoms with Gasteiger partial charge in [0.2, 0.25) is 5.78 Å². The van der Waals surface area contributed by atoms with Gasteiger partial charge >= 0.3 is 0 Å². The van der Waals surface area contributed by atoms with Crippen molar-refractivity contribution in [3.05, 3.63) is 53.1 Å². The topological polar surface area (TPSA) is 52.1 Å². The van der Waals surface area contributed by atoms with Gasteiger partial charge in [0.25, 0.3) is 0 Å². The van der Waals surface area contributed by atoms with Gasteiger partial charge in [0.15, 0.2) is 6.10 Å². The number of carbonyl (C=O) groups is 1. The van der Waals surface area contributed by atoms with Gasteiger partial charge < -0.3 is 4.74 Å². The summed E-state index contributed by atoms with van der Waals surface area (Å²) in [5.74, 6) is 0.483. The summed E-state index contributed by atoms with van der Waals surface area (Å²) in [7, 11) is 0. The van der Waals surface area contributed by atoms with Crippen molar-refractivity contribution in [2.75, 3.05) is 0 Å². The average Bonchev–Trinajstić information content (AvgIpc) is 2.42. The smallest absolute Gasteiger partial charge is 0.206 e. The number of rotatable bonds is 4. The fourth-order valence-corrected chi connectivity index (χ4v) is 1.88. The Morgan fingerprint density at radius 1 is 1.32 bits per heavy atom. The van der Waals surface area contributed by atoms with Crippen LogP contribution in [0.2, 0.25) is 5.02 Å². The molecule has 5 heteroatoms. The first kappa shape index (κ1) is 13.5. The zero-order chi connectivity index (χ0) is 13.8. The monoisotopic (exact) mass is 276 g/mol. The molecule has 1 heterocycles. The van der Waals surface area contributed by atoms with Crippen molar-refractivity contribution in [2.24, 2.45) is 0 Å². The maximum Gasteiger partial charge on any atom is 0.206 e. The first-order chi connectivity index (χ1) is 9.08. The number of benzene rings is 1. The Morgan fingerprint density at radius 2 is 2.00 bits per heavy atom. The lowest BCUT2D eigenvalue weighted by atomic mass is 10.1. The van der Waals surface area contributed by atoms with Crippen molar-refractivity contribution in [1.29, 1.82) is 0 Å². The van der Waals surface area contributed by atoms with Crippen molar-refractivity contribution in [1.82, 2.24) is 9.97 Å². The molecular weight excluding hydrogens is 264 g/mol. The molecule has 0 N–H and O–H groups in total. The number of ketones is 1. The highest BCUT2D eigenvalue weighted by molar-refractivity contribution is 6.30. The molecule has 2 rings (SSSR count). The molecule has 0 saturated carbocycles. The summed E-state index contributed by atoms with van der Waals surface area (Å²) >= 11 is 5.87. The Bertz CT molecular complexity index is 587. The number of hydrogen-bond acceptors (Lipinski definition) is 4. The number of nitrogens with zero attached hydrogens (tertiary/aromatic N) is 2. The van der Waals surface area contributed by atoms with Crippen LogP contribution in [0.3, 0.4) is 0 Å². The summed E-state index contributed by atoms with van der Waals surface area (Å²) < 4.78 is 5.65. The van der Waals surface area contributed by atoms with Crippen molar-refractivity contribution in [3.8, 4) is 5.75 Å². The van der Waals surface area contributed by atoms with Gasteiger partial charge in [-0.1, -0.05) is 11.6 Å². The maximum atomic E-state index is 12.1. The number of Topliss-reactive ketones (excluding diaryl/α,β-unsaturated/α-hetero) is 1. The molecule has 98 valence electrons. The van der Waals surface area contributed by atoms with E-state index in [4.69, 9.17) is 16.3 Å². The molecule has 1 atom stereocenters. The van der Waals surface area contributed by atoms with Crippen molar-refractivity contribution < 1.29 is 9.53 Å². The van der Waals surface area contributed by atoms with Crippen LogP contribution < -0.4 is 4.74 Å². The summed E-state index contributed by atoms with van der Waals surface area (Å²) in [6, 6.07) is 5.27. The average molecular weight is 277 g/mol. The summed E-state index contributed by atoms with van der Waals surface area (Å²) in [4.78, 5) is 19.7. The number of aromatic nitrogens is 2. The molecule has 0 fully saturated rings. The van der Waals surface area contributed by atoms with Crippen LogP contribution in [0, 0.1) is 6.92 Å². The van der Waals surface area contributed by atoms with Crippen LogP contribution in [0.4, 0.5) is 0 Å². The molecular formula is C14H13ClN2O2. The molecule has 4 nitrogen and oxygen atoms in total. The normalized spacial score (nSPS) is 11.9. The van der Waals surface area contributed by atoms with Crippen LogP contribution in [-0.4, -0.2) is 21.9 Å². The van der Waals surface area contributed by atoms with Gasteiger partial charge in [-0.15, -0.1) is 0 Å². The Labute approximate surface area is 116 Å². The molecule has 0 aliphatic heterocycles. The molecule has 0 aliphatic carbocycles. The van der Waals surface area contributed by atoms with E-state index in [1.807, 2.05) is 6.92 Å². The standard InChI is InChI=1S/C14H13ClN2O2/c1-9-5-12(15)3-4-13(9)19-10(2)14(18)11-6-16-8-17-7-11/h3-8,10H,1-2H3. The van der Waals surface area contributed by atoms with Gasteiger partial charge in [0, 0.05) is 17.4 Å². The molecule has 1 aromatic carbocycles. The van der Waals surface area contributed by atoms with Crippen molar-refractivity contribution >= 4 is 17.4 Å². The van der Waals surface area contributed by atoms with E-state index >= 15 is 0 Å². The Kier molecular flexibility index (Phi) is 4.12. The second kappa shape index (κ2) is 5.80. The zero-order valence-corrected chi connectivity index (χ0v) is 11.4. The third-order valence-electron chi connectivity index (χ3n) is 2.66. The van der Waals surface area contributed by atoms with E-state index in [0.29, 0.717) is 16.3 Å². The number of carbonyl (C=O) groups excluding carboxylic acids is 1. The third-order valence-corrected chi connectivity index (χ3v) is 2.89. The summed E-state index contributed by atoms with van der Waals surface area (Å²) in [6.07, 6.45) is 3.73. The lowest BCUT2D eigenvalue weighted by Gasteiger charge is -2.15. The first-order valence-corrected chi connectivity index (χ1v) is 6.18. The molecule has 0 aliphatic rings. The van der Waals surface area contributed by atoms with Gasteiger partial charge in [-0.3, -0.25) is 4.79 Å². The van der Waals surface area contributed by atoms with E-state index in [1.54, 1.807) is 25.1 Å². The van der Waals surface area contributed by atoms with Crippen LogP contribution in [0.15, 0.2) is 36.9 Å². The molecule has 19 heavy (non-hydrogen) atoms. The molecule has 0 spiro atoms. The lowest BCUT2D eigenvalue weighted by molar-refractivity contribution is 0.0816. The highest BCUT2D eigenvalue weighted by Crippen LogP contribution is 2.23. The molecule has 1 unspecified atom stereocenters. The predicted molar refractivity (Wildman–Crippen MR) is 72.6 cm³/mol. The lowest BCUT2D eigenvalue weighted by Crippen LogP contribution is -2.24. The summed E-state index contributed by atoms with van der Waals surface area (Å²) in [5.41, 5.74) is 1.32. The van der Waals surface area contributed by atoms with Gasteiger partial charge in [-0.25, -0.2) is 9.97 Å². The SMILES string of the molecule is Cc1cc(Cl)ccc1OC(C)C(=O)c1cncnc1. The second-order valence-electron chi connectivity index (χ2n) is 4.16. The minimum atomic E-state index is -0.606. The number of ether oxygens (including phenoxy) is 1. The van der Waals surface area contributed by atoms with Crippen molar-refractivity contribution in [2.45, 2.75) is 20.0 Å². The summed E-state index contributed by atoms with van der Waals surface area (Å²) in [5, 5.41) is 0.639. The van der Waals surface area contributed by atoms with Crippen LogP contribution in [0.5, 0.6) is 5.75 Å². The van der Waals surface area contributed by atoms with E-state index < -0.39 is 6.10 Å². The fourth-order valence-electron chi connectivity index (χ4n) is 1.65. The van der Waals surface area contributed by atoms with Gasteiger partial charge in [0.05, 0.1) is 5.56 Å². The van der Waals surface area contributed by atoms with E-state index in [1.165, 1.54) is 18.7 Å². The van der Waals surface area contributed by atoms with E-state index in [9.17, 15) is 4.79 Å². The first-order valence-electron chi connectivity index (χ1n) is 5.80. The molecule has 0 saturated heterocycles. The molecule has 0 bridgehead atoms. The predicted octanol–water partition coefficient (Wildman–Crippen LogP) is 3.09. The number of aryl methyl sites for hydroxylation is 1. The third kappa shape index (κ3) is 3.29. The maximum absolute atomic E-state index is 12.1. The Morgan fingerprint density at radius 3 is 2.63 bits per heavy atom. The van der Waals surface area contributed by atoms with Gasteiger partial charge in [-0.2, -0.15) is 0 Å². The van der Waals surface area contributed by atoms with Gasteiger partial charge in [0.1, 0.15) is 12.1 Å². The highest BCUT2D eigenvalue weighted by atomic mass is 35.5. The van der Waals surface area contributed by atoms with E-state index in [2.05, 4.69) is 9.97 Å². The molecule has 0 amide bonds. The molecule has 0 radical (unpaired) electrons. The van der Waals surface area contributed by atoms with E-state index in [-0.39, 0.29) is 5.78 Å². The molecule has 2 aromatic rings. The minimum absolute atomic E-state index is 0.157. The Hall–Kier alpha value is -1.94. The molecule has 1 aromatic heterocycles.